The summed E-state index contributed by atoms with van der Waals surface area (Å²) < 4.78 is 0. The number of aliphatic carboxylic acids is 1. The van der Waals surface area contributed by atoms with Crippen molar-refractivity contribution in [2.45, 2.75) is 58.3 Å². The smallest absolute Gasteiger partial charge is 0.315 e. The van der Waals surface area contributed by atoms with E-state index in [0.717, 1.165) is 16.7 Å². The van der Waals surface area contributed by atoms with E-state index in [0.29, 0.717) is 5.56 Å². The van der Waals surface area contributed by atoms with Crippen molar-refractivity contribution in [3.63, 3.8) is 0 Å². The highest BCUT2D eigenvalue weighted by atomic mass is 16.4. The minimum atomic E-state index is -0.892. The van der Waals surface area contributed by atoms with E-state index in [4.69, 9.17) is 0 Å². The summed E-state index contributed by atoms with van der Waals surface area (Å²) in [7, 11) is 0. The van der Waals surface area contributed by atoms with Gasteiger partial charge in [-0.15, -0.1) is 0 Å². The third-order valence-corrected chi connectivity index (χ3v) is 4.46. The van der Waals surface area contributed by atoms with Crippen LogP contribution in [0.1, 0.15) is 69.7 Å². The topological polar surface area (TPSA) is 57.5 Å². The number of rotatable bonds is 3. The molecule has 0 aliphatic carbocycles. The van der Waals surface area contributed by atoms with Gasteiger partial charge in [0.2, 0.25) is 0 Å². The number of hydrogen-bond donors (Lipinski definition) is 2. The predicted octanol–water partition coefficient (Wildman–Crippen LogP) is 5.20. The summed E-state index contributed by atoms with van der Waals surface area (Å²) >= 11 is 0. The molecule has 0 radical (unpaired) electrons. The van der Waals surface area contributed by atoms with Gasteiger partial charge in [-0.25, -0.2) is 0 Å². The first kappa shape index (κ1) is 19.0. The van der Waals surface area contributed by atoms with Gasteiger partial charge in [-0.3, -0.25) is 4.79 Å². The first-order chi connectivity index (χ1) is 11.4. The van der Waals surface area contributed by atoms with Gasteiger partial charge in [0.15, 0.2) is 0 Å². The van der Waals surface area contributed by atoms with Gasteiger partial charge in [-0.1, -0.05) is 84.0 Å². The summed E-state index contributed by atoms with van der Waals surface area (Å²) in [5, 5.41) is 20.7. The fourth-order valence-corrected chi connectivity index (χ4v) is 3.09. The van der Waals surface area contributed by atoms with Gasteiger partial charge in [0.25, 0.3) is 0 Å². The lowest BCUT2D eigenvalue weighted by Crippen LogP contribution is -2.20. The van der Waals surface area contributed by atoms with E-state index in [1.807, 2.05) is 84.0 Å². The minimum Gasteiger partial charge on any atom is -0.507 e. The van der Waals surface area contributed by atoms with Crippen LogP contribution in [0.15, 0.2) is 42.5 Å². The zero-order valence-electron chi connectivity index (χ0n) is 15.9. The van der Waals surface area contributed by atoms with Crippen molar-refractivity contribution in [2.24, 2.45) is 0 Å². The van der Waals surface area contributed by atoms with Crippen LogP contribution in [0.5, 0.6) is 5.75 Å². The van der Waals surface area contributed by atoms with E-state index in [-0.39, 0.29) is 16.6 Å². The summed E-state index contributed by atoms with van der Waals surface area (Å²) in [6.45, 7) is 12.1. The summed E-state index contributed by atoms with van der Waals surface area (Å²) in [6, 6.07) is 12.9. The third kappa shape index (κ3) is 4.04. The van der Waals surface area contributed by atoms with Crippen LogP contribution in [0.2, 0.25) is 0 Å². The lowest BCUT2D eigenvalue weighted by atomic mass is 9.76. The van der Waals surface area contributed by atoms with E-state index in [9.17, 15) is 15.0 Å². The zero-order chi connectivity index (χ0) is 19.0. The maximum absolute atomic E-state index is 12.0. The van der Waals surface area contributed by atoms with Crippen LogP contribution >= 0.6 is 0 Å². The van der Waals surface area contributed by atoms with Crippen LogP contribution in [0.3, 0.4) is 0 Å². The van der Waals surface area contributed by atoms with Crippen molar-refractivity contribution in [3.8, 4) is 5.75 Å². The van der Waals surface area contributed by atoms with Crippen LogP contribution in [0.4, 0.5) is 0 Å². The summed E-state index contributed by atoms with van der Waals surface area (Å²) in [6.07, 6.45) is 0. The molecular weight excluding hydrogens is 312 g/mol. The van der Waals surface area contributed by atoms with Gasteiger partial charge in [-0.05, 0) is 33.1 Å². The van der Waals surface area contributed by atoms with Gasteiger partial charge in [0, 0.05) is 0 Å². The van der Waals surface area contributed by atoms with E-state index in [1.54, 1.807) is 0 Å². The molecule has 0 aliphatic rings. The molecule has 0 fully saturated rings. The Bertz CT molecular complexity index is 727. The predicted molar refractivity (Wildman–Crippen MR) is 101 cm³/mol. The van der Waals surface area contributed by atoms with E-state index >= 15 is 0 Å². The van der Waals surface area contributed by atoms with Crippen LogP contribution in [-0.4, -0.2) is 16.2 Å². The Labute approximate surface area is 150 Å². The summed E-state index contributed by atoms with van der Waals surface area (Å²) in [4.78, 5) is 12.0. The maximum Gasteiger partial charge on any atom is 0.315 e. The Kier molecular flexibility index (Phi) is 4.99. The number of carboxylic acids is 1. The summed E-state index contributed by atoms with van der Waals surface area (Å²) in [5.74, 6) is -1.39. The Morgan fingerprint density at radius 2 is 1.28 bits per heavy atom. The van der Waals surface area contributed by atoms with Gasteiger partial charge >= 0.3 is 5.97 Å². The highest BCUT2D eigenvalue weighted by molar-refractivity contribution is 5.81. The second kappa shape index (κ2) is 6.55. The number of phenols is 1. The van der Waals surface area contributed by atoms with Gasteiger partial charge in [0.1, 0.15) is 11.7 Å². The van der Waals surface area contributed by atoms with Gasteiger partial charge in [-0.2, -0.15) is 0 Å². The minimum absolute atomic E-state index is 0.265. The second-order valence-electron chi connectivity index (χ2n) is 8.65. The Morgan fingerprint density at radius 3 is 1.64 bits per heavy atom. The fraction of sp³-hybridized carbons (Fsp3) is 0.409. The Balaban J connectivity index is 2.78. The first-order valence-corrected chi connectivity index (χ1v) is 8.58. The van der Waals surface area contributed by atoms with Crippen LogP contribution < -0.4 is 0 Å². The molecule has 0 aliphatic heterocycles. The molecule has 2 rings (SSSR count). The molecule has 0 saturated carbocycles. The fourth-order valence-electron chi connectivity index (χ4n) is 3.09. The van der Waals surface area contributed by atoms with Crippen molar-refractivity contribution < 1.29 is 15.0 Å². The standard InChI is InChI=1S/C22H28O3/c1-21(2,3)16-12-15(13-17(19(16)23)22(4,5)6)18(20(24)25)14-10-8-7-9-11-14/h7-13,18,23H,1-6H3,(H,24,25). The number of carboxylic acid groups (broad SMARTS) is 1. The SMILES string of the molecule is CC(C)(C)c1cc(C(C(=O)O)c2ccccc2)cc(C(C)(C)C)c1O. The molecule has 134 valence electrons. The molecule has 3 heteroatoms. The van der Waals surface area contributed by atoms with E-state index < -0.39 is 11.9 Å². The quantitative estimate of drug-likeness (QED) is 0.807. The highest BCUT2D eigenvalue weighted by Gasteiger charge is 2.30. The zero-order valence-corrected chi connectivity index (χ0v) is 15.9. The number of hydrogen-bond acceptors (Lipinski definition) is 2. The van der Waals surface area contributed by atoms with Crippen LogP contribution in [0.25, 0.3) is 0 Å². The molecule has 0 saturated heterocycles. The van der Waals surface area contributed by atoms with Gasteiger partial charge < -0.3 is 10.2 Å². The van der Waals surface area contributed by atoms with Crippen molar-refractivity contribution >= 4 is 5.97 Å². The number of benzene rings is 2. The van der Waals surface area contributed by atoms with Crippen LogP contribution in [-0.2, 0) is 15.6 Å². The van der Waals surface area contributed by atoms with Crippen molar-refractivity contribution in [1.82, 2.24) is 0 Å². The Hall–Kier alpha value is -2.29. The molecule has 25 heavy (non-hydrogen) atoms. The average molecular weight is 340 g/mol. The monoisotopic (exact) mass is 340 g/mol. The second-order valence-corrected chi connectivity index (χ2v) is 8.65. The molecular formula is C22H28O3. The molecule has 0 spiro atoms. The lowest BCUT2D eigenvalue weighted by Gasteiger charge is -2.29. The molecule has 0 amide bonds. The molecule has 0 bridgehead atoms. The normalized spacial score (nSPS) is 13.5. The van der Waals surface area contributed by atoms with Crippen molar-refractivity contribution in [2.75, 3.05) is 0 Å². The van der Waals surface area contributed by atoms with Crippen molar-refractivity contribution in [1.29, 1.82) is 0 Å². The summed E-state index contributed by atoms with van der Waals surface area (Å²) in [5.41, 5.74) is 2.40. The van der Waals surface area contributed by atoms with E-state index in [1.165, 1.54) is 0 Å². The lowest BCUT2D eigenvalue weighted by molar-refractivity contribution is -0.137. The maximum atomic E-state index is 12.0. The number of phenolic OH excluding ortho intramolecular Hbond substituents is 1. The molecule has 1 atom stereocenters. The molecule has 0 heterocycles. The first-order valence-electron chi connectivity index (χ1n) is 8.58. The highest BCUT2D eigenvalue weighted by Crippen LogP contribution is 2.42. The molecule has 0 aromatic heterocycles. The van der Waals surface area contributed by atoms with Crippen LogP contribution in [0, 0.1) is 0 Å². The van der Waals surface area contributed by atoms with Crippen molar-refractivity contribution in [3.05, 3.63) is 64.7 Å². The molecule has 2 aromatic carbocycles. The van der Waals surface area contributed by atoms with E-state index in [2.05, 4.69) is 0 Å². The largest absolute Gasteiger partial charge is 0.507 e. The Morgan fingerprint density at radius 1 is 0.840 bits per heavy atom. The number of carbonyl (C=O) groups is 1. The molecule has 1 unspecified atom stereocenters. The number of aromatic hydroxyl groups is 1. The third-order valence-electron chi connectivity index (χ3n) is 4.46. The average Bonchev–Trinajstić information content (AvgIpc) is 2.47. The molecule has 2 N–H and O–H groups in total. The molecule has 3 nitrogen and oxygen atoms in total. The van der Waals surface area contributed by atoms with Gasteiger partial charge in [0.05, 0.1) is 0 Å². The molecule has 2 aromatic rings.